The second-order valence-corrected chi connectivity index (χ2v) is 6.71. The topological polar surface area (TPSA) is 112 Å². The molecule has 2 amide bonds. The molecular weight excluding hydrogens is 418 g/mol. The molecule has 0 saturated carbocycles. The third-order valence-electron chi connectivity index (χ3n) is 3.86. The molecule has 0 aliphatic heterocycles. The second-order valence-electron chi connectivity index (χ2n) is 5.79. The number of carboxylic acids is 1. The summed E-state index contributed by atoms with van der Waals surface area (Å²) in [6.45, 7) is 3.65. The van der Waals surface area contributed by atoms with Crippen LogP contribution in [0, 0.1) is 6.92 Å². The highest BCUT2D eigenvalue weighted by Gasteiger charge is 2.26. The highest BCUT2D eigenvalue weighted by molar-refractivity contribution is 9.10. The molecule has 1 aromatic heterocycles. The van der Waals surface area contributed by atoms with E-state index in [0.717, 1.165) is 4.90 Å². The maximum absolute atomic E-state index is 12.8. The van der Waals surface area contributed by atoms with E-state index in [0.29, 0.717) is 22.3 Å². The van der Waals surface area contributed by atoms with Crippen LogP contribution in [-0.2, 0) is 11.3 Å². The minimum atomic E-state index is -1.06. The van der Waals surface area contributed by atoms with Crippen molar-refractivity contribution in [3.05, 3.63) is 50.9 Å². The fraction of sp³-hybridized carbons (Fsp3) is 0.278. The Labute approximate surface area is 164 Å². The number of aryl methyl sites for hydroxylation is 2. The number of urea groups is 1. The molecule has 1 aromatic carbocycles. The molecule has 0 bridgehead atoms. The summed E-state index contributed by atoms with van der Waals surface area (Å²) in [7, 11) is 0. The van der Waals surface area contributed by atoms with Gasteiger partial charge in [0.15, 0.2) is 5.69 Å². The van der Waals surface area contributed by atoms with Gasteiger partial charge in [0.25, 0.3) is 5.56 Å². The van der Waals surface area contributed by atoms with Crippen LogP contribution in [0.3, 0.4) is 0 Å². The molecule has 27 heavy (non-hydrogen) atoms. The molecule has 0 fully saturated rings. The van der Waals surface area contributed by atoms with Gasteiger partial charge in [0, 0.05) is 29.3 Å². The lowest BCUT2D eigenvalue weighted by molar-refractivity contribution is -0.136. The molecule has 0 radical (unpaired) electrons. The van der Waals surface area contributed by atoms with Crippen molar-refractivity contribution in [3.8, 4) is 5.75 Å². The fourth-order valence-corrected chi connectivity index (χ4v) is 2.92. The van der Waals surface area contributed by atoms with E-state index in [1.807, 2.05) is 0 Å². The first-order chi connectivity index (χ1) is 12.8. The van der Waals surface area contributed by atoms with E-state index in [9.17, 15) is 19.5 Å². The molecule has 2 rings (SSSR count). The molecule has 0 spiro atoms. The average Bonchev–Trinajstić information content (AvgIpc) is 2.61. The molecule has 2 aromatic rings. The molecule has 0 atom stereocenters. The Bertz CT molecular complexity index is 926. The average molecular weight is 438 g/mol. The molecule has 9 heteroatoms. The highest BCUT2D eigenvalue weighted by Crippen LogP contribution is 2.33. The Balaban J connectivity index is 2.60. The molecule has 0 unspecified atom stereocenters. The largest absolute Gasteiger partial charge is 0.505 e. The highest BCUT2D eigenvalue weighted by atomic mass is 79.9. The lowest BCUT2D eigenvalue weighted by Crippen LogP contribution is -2.41. The number of carbonyl (C=O) groups excluding carboxylic acids is 1. The predicted octanol–water partition coefficient (Wildman–Crippen LogP) is 2.97. The van der Waals surface area contributed by atoms with E-state index in [1.165, 1.54) is 10.8 Å². The molecule has 3 N–H and O–H groups in total. The van der Waals surface area contributed by atoms with Crippen LogP contribution < -0.4 is 15.8 Å². The number of amides is 2. The van der Waals surface area contributed by atoms with E-state index in [4.69, 9.17) is 5.11 Å². The summed E-state index contributed by atoms with van der Waals surface area (Å²) in [6.07, 6.45) is 1.25. The van der Waals surface area contributed by atoms with Crippen LogP contribution in [0.15, 0.2) is 39.7 Å². The van der Waals surface area contributed by atoms with Crippen molar-refractivity contribution in [3.63, 3.8) is 0 Å². The number of anilines is 2. The van der Waals surface area contributed by atoms with Gasteiger partial charge in [-0.1, -0.05) is 22.0 Å². The van der Waals surface area contributed by atoms with Gasteiger partial charge < -0.3 is 20.1 Å². The minimum absolute atomic E-state index is 0.118. The summed E-state index contributed by atoms with van der Waals surface area (Å²) in [4.78, 5) is 37.4. The molecule has 144 valence electrons. The van der Waals surface area contributed by atoms with E-state index in [-0.39, 0.29) is 24.4 Å². The van der Waals surface area contributed by atoms with Gasteiger partial charge in [-0.05, 0) is 32.0 Å². The van der Waals surface area contributed by atoms with Crippen LogP contribution in [0.1, 0.15) is 18.9 Å². The first-order valence-electron chi connectivity index (χ1n) is 8.24. The van der Waals surface area contributed by atoms with Crippen LogP contribution in [0.2, 0.25) is 0 Å². The lowest BCUT2D eigenvalue weighted by atomic mass is 10.2. The zero-order valence-corrected chi connectivity index (χ0v) is 16.5. The van der Waals surface area contributed by atoms with Crippen molar-refractivity contribution in [2.45, 2.75) is 26.8 Å². The summed E-state index contributed by atoms with van der Waals surface area (Å²) in [5.41, 5.74) is 0.0550. The predicted molar refractivity (Wildman–Crippen MR) is 105 cm³/mol. The molecule has 0 aliphatic rings. The molecule has 0 saturated heterocycles. The van der Waals surface area contributed by atoms with Crippen LogP contribution in [0.25, 0.3) is 0 Å². The van der Waals surface area contributed by atoms with Crippen LogP contribution in [-0.4, -0.2) is 33.3 Å². The van der Waals surface area contributed by atoms with Crippen molar-refractivity contribution >= 4 is 39.3 Å². The zero-order valence-electron chi connectivity index (χ0n) is 14.9. The van der Waals surface area contributed by atoms with Crippen LogP contribution in [0.5, 0.6) is 5.75 Å². The minimum Gasteiger partial charge on any atom is -0.505 e. The number of carbonyl (C=O) groups is 2. The maximum atomic E-state index is 12.8. The number of hydrogen-bond donors (Lipinski definition) is 3. The van der Waals surface area contributed by atoms with Gasteiger partial charge in [-0.15, -0.1) is 0 Å². The lowest BCUT2D eigenvalue weighted by Gasteiger charge is -2.25. The number of hydrogen-bond acceptors (Lipinski definition) is 4. The van der Waals surface area contributed by atoms with E-state index in [1.54, 1.807) is 38.1 Å². The summed E-state index contributed by atoms with van der Waals surface area (Å²) in [5.74, 6) is -1.37. The number of halogens is 1. The first kappa shape index (κ1) is 20.5. The fourth-order valence-electron chi connectivity index (χ4n) is 2.53. The number of carboxylic acid groups (broad SMARTS) is 1. The Hall–Kier alpha value is -2.81. The quantitative estimate of drug-likeness (QED) is 0.642. The number of nitrogens with zero attached hydrogens (tertiary/aromatic N) is 2. The van der Waals surface area contributed by atoms with Gasteiger partial charge in [0.2, 0.25) is 0 Å². The number of pyridine rings is 1. The number of rotatable bonds is 6. The van der Waals surface area contributed by atoms with E-state index >= 15 is 0 Å². The first-order valence-corrected chi connectivity index (χ1v) is 9.03. The van der Waals surface area contributed by atoms with Crippen molar-refractivity contribution < 1.29 is 19.8 Å². The zero-order chi connectivity index (χ0) is 20.1. The van der Waals surface area contributed by atoms with Crippen LogP contribution in [0.4, 0.5) is 16.2 Å². The molecule has 8 nitrogen and oxygen atoms in total. The van der Waals surface area contributed by atoms with Gasteiger partial charge in [-0.25, -0.2) is 4.79 Å². The molecule has 1 heterocycles. The SMILES string of the molecule is CCn1cc(C)c(O)c(N(C(=O)NCCC(=O)O)c2cccc(Br)c2)c1=O. The monoisotopic (exact) mass is 437 g/mol. The van der Waals surface area contributed by atoms with Gasteiger partial charge in [0.1, 0.15) is 5.75 Å². The number of aliphatic carboxylic acids is 1. The second kappa shape index (κ2) is 8.72. The summed E-state index contributed by atoms with van der Waals surface area (Å²) in [5, 5.41) is 21.8. The standard InChI is InChI=1S/C18H20BrN3O5/c1-3-21-10-11(2)16(25)15(17(21)26)22(13-6-4-5-12(19)9-13)18(27)20-8-7-14(23)24/h4-6,9-10,25H,3,7-8H2,1-2H3,(H,20,27)(H,23,24). The number of nitrogens with one attached hydrogen (secondary N) is 1. The van der Waals surface area contributed by atoms with Gasteiger partial charge in [0.05, 0.1) is 12.1 Å². The Morgan fingerprint density at radius 1 is 1.33 bits per heavy atom. The van der Waals surface area contributed by atoms with Crippen molar-refractivity contribution in [2.75, 3.05) is 11.4 Å². The third-order valence-corrected chi connectivity index (χ3v) is 4.35. The number of benzene rings is 1. The number of aromatic hydroxyl groups is 1. The Morgan fingerprint density at radius 3 is 2.63 bits per heavy atom. The summed E-state index contributed by atoms with van der Waals surface area (Å²) < 4.78 is 2.06. The molecular formula is C18H20BrN3O5. The van der Waals surface area contributed by atoms with Crippen molar-refractivity contribution in [1.29, 1.82) is 0 Å². The van der Waals surface area contributed by atoms with Crippen molar-refractivity contribution in [1.82, 2.24) is 9.88 Å². The van der Waals surface area contributed by atoms with Gasteiger partial charge in [-0.2, -0.15) is 0 Å². The van der Waals surface area contributed by atoms with Crippen molar-refractivity contribution in [2.24, 2.45) is 0 Å². The maximum Gasteiger partial charge on any atom is 0.326 e. The summed E-state index contributed by atoms with van der Waals surface area (Å²) >= 11 is 3.32. The smallest absolute Gasteiger partial charge is 0.326 e. The Morgan fingerprint density at radius 2 is 2.04 bits per heavy atom. The summed E-state index contributed by atoms with van der Waals surface area (Å²) in [6, 6.07) is 5.95. The van der Waals surface area contributed by atoms with Gasteiger partial charge >= 0.3 is 12.0 Å². The Kier molecular flexibility index (Phi) is 6.62. The van der Waals surface area contributed by atoms with Crippen LogP contribution >= 0.6 is 15.9 Å². The van der Waals surface area contributed by atoms with Gasteiger partial charge in [-0.3, -0.25) is 14.5 Å². The number of aromatic nitrogens is 1. The third kappa shape index (κ3) is 4.68. The van der Waals surface area contributed by atoms with E-state index < -0.39 is 17.6 Å². The normalized spacial score (nSPS) is 10.5. The van der Waals surface area contributed by atoms with E-state index in [2.05, 4.69) is 21.2 Å². The molecule has 0 aliphatic carbocycles.